The standard InChI is InChI=1S/C33H39N3O12/c37-27-10-9-26(30(39)35-27)36-31(40)24-7-4-8-25(28(24)32(36)41)34-11-12-43-13-14-44-15-16-45-17-18-46-19-20-47-21-22-48-33(42)29(38)23-5-2-1-3-6-23/h1-8,26,34H,9-22H2,(H,35,37,39). The number of esters is 1. The molecule has 1 fully saturated rings. The first-order chi connectivity index (χ1) is 23.4. The van der Waals surface area contributed by atoms with Crippen LogP contribution in [0.1, 0.15) is 43.9 Å². The lowest BCUT2D eigenvalue weighted by molar-refractivity contribution is -0.140. The molecule has 0 aliphatic carbocycles. The van der Waals surface area contributed by atoms with Crippen molar-refractivity contribution >= 4 is 41.1 Å². The average molecular weight is 670 g/mol. The van der Waals surface area contributed by atoms with E-state index < -0.39 is 41.4 Å². The number of amides is 4. The average Bonchev–Trinajstić information content (AvgIpc) is 3.35. The Morgan fingerprint density at radius 1 is 0.708 bits per heavy atom. The Balaban J connectivity index is 0.946. The normalized spacial score (nSPS) is 15.8. The molecule has 1 unspecified atom stereocenters. The predicted molar refractivity (Wildman–Crippen MR) is 167 cm³/mol. The number of imide groups is 2. The molecule has 2 heterocycles. The van der Waals surface area contributed by atoms with Gasteiger partial charge in [-0.2, -0.15) is 0 Å². The van der Waals surface area contributed by atoms with Crippen molar-refractivity contribution in [1.82, 2.24) is 10.2 Å². The Hall–Kier alpha value is -4.54. The van der Waals surface area contributed by atoms with Gasteiger partial charge in [-0.15, -0.1) is 0 Å². The minimum absolute atomic E-state index is 0.0300. The Kier molecular flexibility index (Phi) is 14.6. The number of ether oxygens (including phenoxy) is 6. The number of benzene rings is 2. The van der Waals surface area contributed by atoms with Crippen molar-refractivity contribution in [1.29, 1.82) is 0 Å². The highest BCUT2D eigenvalue weighted by molar-refractivity contribution is 6.40. The molecule has 48 heavy (non-hydrogen) atoms. The van der Waals surface area contributed by atoms with Crippen molar-refractivity contribution in [2.45, 2.75) is 18.9 Å². The van der Waals surface area contributed by atoms with Gasteiger partial charge in [-0.05, 0) is 18.6 Å². The molecule has 258 valence electrons. The second-order valence-electron chi connectivity index (χ2n) is 10.5. The van der Waals surface area contributed by atoms with Crippen molar-refractivity contribution in [3.63, 3.8) is 0 Å². The Bertz CT molecular complexity index is 1430. The quantitative estimate of drug-likeness (QED) is 0.0596. The molecule has 1 atom stereocenters. The maximum absolute atomic E-state index is 13.1. The topological polar surface area (TPSA) is 185 Å². The van der Waals surface area contributed by atoms with Crippen molar-refractivity contribution in [3.8, 4) is 0 Å². The van der Waals surface area contributed by atoms with Crippen LogP contribution in [0.3, 0.4) is 0 Å². The van der Waals surface area contributed by atoms with Crippen LogP contribution in [-0.4, -0.2) is 126 Å². The van der Waals surface area contributed by atoms with E-state index in [1.54, 1.807) is 42.5 Å². The molecule has 0 bridgehead atoms. The Morgan fingerprint density at radius 2 is 1.29 bits per heavy atom. The number of hydrogen-bond donors (Lipinski definition) is 2. The Labute approximate surface area is 277 Å². The zero-order valence-electron chi connectivity index (χ0n) is 26.4. The molecule has 1 saturated heterocycles. The third-order valence-electron chi connectivity index (χ3n) is 7.20. The van der Waals surface area contributed by atoms with Crippen LogP contribution in [0.5, 0.6) is 0 Å². The van der Waals surface area contributed by atoms with Gasteiger partial charge in [-0.1, -0.05) is 36.4 Å². The number of ketones is 1. The summed E-state index contributed by atoms with van der Waals surface area (Å²) in [6, 6.07) is 12.0. The lowest BCUT2D eigenvalue weighted by atomic mass is 10.0. The molecular formula is C33H39N3O12. The van der Waals surface area contributed by atoms with Gasteiger partial charge in [0.25, 0.3) is 17.6 Å². The number of nitrogens with one attached hydrogen (secondary N) is 2. The molecule has 4 amide bonds. The molecule has 0 spiro atoms. The van der Waals surface area contributed by atoms with E-state index in [2.05, 4.69) is 10.6 Å². The van der Waals surface area contributed by atoms with E-state index in [9.17, 15) is 28.8 Å². The van der Waals surface area contributed by atoms with Crippen LogP contribution < -0.4 is 10.6 Å². The van der Waals surface area contributed by atoms with Crippen molar-refractivity contribution in [2.75, 3.05) is 84.5 Å². The van der Waals surface area contributed by atoms with Gasteiger partial charge in [0.1, 0.15) is 12.6 Å². The highest BCUT2D eigenvalue weighted by Crippen LogP contribution is 2.32. The van der Waals surface area contributed by atoms with Crippen LogP contribution in [0, 0.1) is 0 Å². The molecule has 4 rings (SSSR count). The molecule has 15 nitrogen and oxygen atoms in total. The largest absolute Gasteiger partial charge is 0.457 e. The lowest BCUT2D eigenvalue weighted by Gasteiger charge is -2.27. The monoisotopic (exact) mass is 669 g/mol. The number of carbonyl (C=O) groups excluding carboxylic acids is 6. The molecule has 0 aromatic heterocycles. The number of Topliss-reactive ketones (excluding diaryl/α,β-unsaturated/α-hetero) is 1. The van der Waals surface area contributed by atoms with E-state index in [4.69, 9.17) is 28.4 Å². The van der Waals surface area contributed by atoms with Crippen LogP contribution in [0.15, 0.2) is 48.5 Å². The number of carbonyl (C=O) groups is 6. The number of fused-ring (bicyclic) bond motifs is 1. The van der Waals surface area contributed by atoms with Gasteiger partial charge in [0, 0.05) is 24.2 Å². The SMILES string of the molecule is O=C1CCC(N2C(=O)c3cccc(NCCOCCOCCOCCOCCOCCOC(=O)C(=O)c4ccccc4)c3C2=O)C(=O)N1. The molecule has 2 N–H and O–H groups in total. The minimum Gasteiger partial charge on any atom is -0.457 e. The van der Waals surface area contributed by atoms with Gasteiger partial charge < -0.3 is 33.7 Å². The van der Waals surface area contributed by atoms with E-state index in [0.29, 0.717) is 71.7 Å². The summed E-state index contributed by atoms with van der Waals surface area (Å²) < 4.78 is 32.1. The third-order valence-corrected chi connectivity index (χ3v) is 7.20. The zero-order valence-corrected chi connectivity index (χ0v) is 26.4. The van der Waals surface area contributed by atoms with Crippen LogP contribution in [-0.2, 0) is 42.8 Å². The van der Waals surface area contributed by atoms with E-state index in [0.717, 1.165) is 4.90 Å². The van der Waals surface area contributed by atoms with Gasteiger partial charge >= 0.3 is 5.97 Å². The van der Waals surface area contributed by atoms with Crippen LogP contribution >= 0.6 is 0 Å². The number of nitrogens with zero attached hydrogens (tertiary/aromatic N) is 1. The summed E-state index contributed by atoms with van der Waals surface area (Å²) in [5.41, 5.74) is 1.14. The summed E-state index contributed by atoms with van der Waals surface area (Å²) in [5, 5.41) is 5.30. The van der Waals surface area contributed by atoms with Crippen molar-refractivity contribution < 1.29 is 57.2 Å². The number of rotatable bonds is 22. The molecule has 2 aromatic rings. The molecule has 15 heteroatoms. The second-order valence-corrected chi connectivity index (χ2v) is 10.5. The highest BCUT2D eigenvalue weighted by Gasteiger charge is 2.45. The van der Waals surface area contributed by atoms with E-state index in [1.807, 2.05) is 0 Å². The summed E-state index contributed by atoms with van der Waals surface area (Å²) in [4.78, 5) is 74.4. The van der Waals surface area contributed by atoms with Gasteiger partial charge in [0.2, 0.25) is 11.8 Å². The maximum Gasteiger partial charge on any atom is 0.379 e. The molecule has 0 saturated carbocycles. The van der Waals surface area contributed by atoms with E-state index >= 15 is 0 Å². The van der Waals surface area contributed by atoms with Crippen LogP contribution in [0.25, 0.3) is 0 Å². The summed E-state index contributed by atoms with van der Waals surface area (Å²) in [7, 11) is 0. The first kappa shape index (κ1) is 36.3. The second kappa shape index (κ2) is 19.3. The molecule has 2 aromatic carbocycles. The lowest BCUT2D eigenvalue weighted by Crippen LogP contribution is -2.54. The number of hydrogen-bond acceptors (Lipinski definition) is 13. The molecule has 0 radical (unpaired) electrons. The number of piperidine rings is 1. The van der Waals surface area contributed by atoms with E-state index in [1.165, 1.54) is 6.07 Å². The molecule has 2 aliphatic heterocycles. The zero-order chi connectivity index (χ0) is 34.1. The smallest absolute Gasteiger partial charge is 0.379 e. The van der Waals surface area contributed by atoms with E-state index in [-0.39, 0.29) is 42.7 Å². The summed E-state index contributed by atoms with van der Waals surface area (Å²) >= 11 is 0. The fourth-order valence-electron chi connectivity index (χ4n) is 4.87. The van der Waals surface area contributed by atoms with Crippen LogP contribution in [0.4, 0.5) is 5.69 Å². The van der Waals surface area contributed by atoms with Gasteiger partial charge in [-0.3, -0.25) is 34.2 Å². The van der Waals surface area contributed by atoms with Crippen LogP contribution in [0.2, 0.25) is 0 Å². The number of anilines is 1. The fourth-order valence-corrected chi connectivity index (χ4v) is 4.87. The fraction of sp³-hybridized carbons (Fsp3) is 0.455. The van der Waals surface area contributed by atoms with Gasteiger partial charge in [-0.25, -0.2) is 4.79 Å². The predicted octanol–water partition coefficient (Wildman–Crippen LogP) is 1.01. The van der Waals surface area contributed by atoms with Gasteiger partial charge in [0.15, 0.2) is 0 Å². The van der Waals surface area contributed by atoms with Gasteiger partial charge in [0.05, 0.1) is 77.2 Å². The Morgan fingerprint density at radius 3 is 1.90 bits per heavy atom. The summed E-state index contributed by atoms with van der Waals surface area (Å²) in [5.74, 6) is -3.82. The minimum atomic E-state index is -1.02. The maximum atomic E-state index is 13.1. The first-order valence-electron chi connectivity index (χ1n) is 15.6. The van der Waals surface area contributed by atoms with Crippen molar-refractivity contribution in [2.24, 2.45) is 0 Å². The first-order valence-corrected chi connectivity index (χ1v) is 15.6. The molecule has 2 aliphatic rings. The third kappa shape index (κ3) is 10.5. The van der Waals surface area contributed by atoms with Crippen molar-refractivity contribution in [3.05, 3.63) is 65.2 Å². The summed E-state index contributed by atoms with van der Waals surface area (Å²) in [6.07, 6.45) is 0.153. The molecular weight excluding hydrogens is 630 g/mol. The summed E-state index contributed by atoms with van der Waals surface area (Å²) in [6.45, 7) is 3.68. The highest BCUT2D eigenvalue weighted by atomic mass is 16.6.